The van der Waals surface area contributed by atoms with Crippen molar-refractivity contribution in [3.8, 4) is 11.8 Å². The van der Waals surface area contributed by atoms with Crippen LogP contribution in [0.15, 0.2) is 218 Å². The third kappa shape index (κ3) is 11.0. The van der Waals surface area contributed by atoms with Gasteiger partial charge in [0.05, 0.1) is 0 Å². The van der Waals surface area contributed by atoms with Crippen LogP contribution in [0.4, 0.5) is 0 Å². The van der Waals surface area contributed by atoms with Gasteiger partial charge in [-0.1, -0.05) is 174 Å². The minimum absolute atomic E-state index is 0. The molecule has 9 aromatic carbocycles. The molecule has 0 spiro atoms. The van der Waals surface area contributed by atoms with Gasteiger partial charge < -0.3 is 12.8 Å². The molecule has 0 aromatic heterocycles. The molecule has 0 saturated heterocycles. The zero-order chi connectivity index (χ0) is 37.7. The SMILES string of the molecule is [Au+].[Au+].[C-]#Cc1c2ccccc2cc2ccccc12.[C-]#Cc1cccc2ccccc12.c1ccc([PH+](C[PH+](c2ccccc2)c2ccccc2)c2ccccc2)cc1. The van der Waals surface area contributed by atoms with Crippen molar-refractivity contribution >= 4 is 69.4 Å². The van der Waals surface area contributed by atoms with E-state index in [0.717, 1.165) is 43.4 Å². The molecule has 0 fully saturated rings. The molecular weight excluding hydrogens is 1090 g/mol. The summed E-state index contributed by atoms with van der Waals surface area (Å²) < 4.78 is 0. The van der Waals surface area contributed by atoms with E-state index in [9.17, 15) is 0 Å². The summed E-state index contributed by atoms with van der Waals surface area (Å²) in [6, 6.07) is 76.8. The van der Waals surface area contributed by atoms with Crippen molar-refractivity contribution in [3.63, 3.8) is 0 Å². The van der Waals surface area contributed by atoms with Crippen LogP contribution in [0.5, 0.6) is 0 Å². The Labute approximate surface area is 371 Å². The zero-order valence-electron chi connectivity index (χ0n) is 31.1. The van der Waals surface area contributed by atoms with Crippen LogP contribution in [0.1, 0.15) is 11.1 Å². The van der Waals surface area contributed by atoms with Crippen molar-refractivity contribution in [2.45, 2.75) is 0 Å². The van der Waals surface area contributed by atoms with Gasteiger partial charge in [0.25, 0.3) is 0 Å². The summed E-state index contributed by atoms with van der Waals surface area (Å²) in [5.41, 5.74) is 1.74. The molecular formula is C53H40Au2P2+2. The Hall–Kier alpha value is -4.78. The summed E-state index contributed by atoms with van der Waals surface area (Å²) in [6.45, 7) is 0. The third-order valence-electron chi connectivity index (χ3n) is 9.66. The fourth-order valence-corrected chi connectivity index (χ4v) is 14.7. The molecule has 0 amide bonds. The smallest absolute Gasteiger partial charge is 0.366 e. The summed E-state index contributed by atoms with van der Waals surface area (Å²) in [4.78, 5) is 0. The predicted molar refractivity (Wildman–Crippen MR) is 244 cm³/mol. The maximum atomic E-state index is 7.46. The van der Waals surface area contributed by atoms with Crippen molar-refractivity contribution < 1.29 is 44.8 Å². The maximum Gasteiger partial charge on any atom is 1.00 e. The Morgan fingerprint density at radius 2 is 0.667 bits per heavy atom. The van der Waals surface area contributed by atoms with Crippen molar-refractivity contribution in [1.82, 2.24) is 0 Å². The second-order valence-corrected chi connectivity index (χ2v) is 18.7. The molecule has 0 atom stereocenters. The number of hydrogen-bond acceptors (Lipinski definition) is 0. The van der Waals surface area contributed by atoms with Crippen LogP contribution in [-0.2, 0) is 44.8 Å². The Morgan fingerprint density at radius 1 is 0.333 bits per heavy atom. The van der Waals surface area contributed by atoms with E-state index in [2.05, 4.69) is 151 Å². The first-order chi connectivity index (χ1) is 27.2. The first-order valence-corrected chi connectivity index (χ1v) is 21.8. The molecule has 0 aliphatic heterocycles. The Balaban J connectivity index is 0.000000176. The maximum absolute atomic E-state index is 7.46. The van der Waals surface area contributed by atoms with E-state index in [1.807, 2.05) is 78.9 Å². The second kappa shape index (κ2) is 22.2. The Bertz CT molecular complexity index is 2490. The van der Waals surface area contributed by atoms with Gasteiger partial charge in [0.1, 0.15) is 37.1 Å². The normalized spacial score (nSPS) is 10.2. The van der Waals surface area contributed by atoms with E-state index in [1.54, 1.807) is 0 Å². The van der Waals surface area contributed by atoms with E-state index < -0.39 is 15.8 Å². The molecule has 0 heterocycles. The van der Waals surface area contributed by atoms with E-state index in [0.29, 0.717) is 0 Å². The van der Waals surface area contributed by atoms with Gasteiger partial charge in [-0.15, -0.1) is 17.2 Å². The number of rotatable bonds is 6. The fraction of sp³-hybridized carbons (Fsp3) is 0.0189. The van der Waals surface area contributed by atoms with Crippen LogP contribution in [0, 0.1) is 24.7 Å². The van der Waals surface area contributed by atoms with Crippen molar-refractivity contribution in [2.24, 2.45) is 0 Å². The zero-order valence-corrected chi connectivity index (χ0v) is 37.4. The van der Waals surface area contributed by atoms with Gasteiger partial charge in [0, 0.05) is 0 Å². The predicted octanol–water partition coefficient (Wildman–Crippen LogP) is 11.4. The topological polar surface area (TPSA) is 0 Å². The number of benzene rings is 9. The van der Waals surface area contributed by atoms with Crippen molar-refractivity contribution in [1.29, 1.82) is 0 Å². The molecule has 0 radical (unpaired) electrons. The van der Waals surface area contributed by atoms with Crippen LogP contribution >= 0.6 is 15.8 Å². The quantitative estimate of drug-likeness (QED) is 0.0512. The molecule has 4 heteroatoms. The monoisotopic (exact) mass is 1130 g/mol. The molecule has 0 bridgehead atoms. The Kier molecular flexibility index (Phi) is 16.9. The van der Waals surface area contributed by atoms with Gasteiger partial charge >= 0.3 is 44.8 Å². The van der Waals surface area contributed by atoms with E-state index in [1.165, 1.54) is 27.1 Å². The first kappa shape index (κ1) is 43.3. The molecule has 0 unspecified atom stereocenters. The summed E-state index contributed by atoms with van der Waals surface area (Å²) >= 11 is 0. The Morgan fingerprint density at radius 3 is 1.05 bits per heavy atom. The number of fused-ring (bicyclic) bond motifs is 3. The molecule has 0 aliphatic rings. The van der Waals surface area contributed by atoms with Gasteiger partial charge in [-0.25, -0.2) is 0 Å². The molecule has 0 N–H and O–H groups in total. The standard InChI is InChI=1S/C25H22P2.C16H9.C12H7.2Au/c1-5-13-22(14-6-1)26(23-15-7-2-8-16-23)21-27(24-17-9-3-10-18-24)25-19-11-4-12-20-25;1-2-14-15-9-5-3-7-12(15)11-13-8-4-6-10-16(13)14;1-2-10-7-5-8-11-6-3-4-9-12(10)11;;/h1-20H,21H2;3-11H;3-9H;;/q;2*-1;2*+1/p+2. The summed E-state index contributed by atoms with van der Waals surface area (Å²) in [6.07, 6.45) is 14.5. The molecule has 282 valence electrons. The molecule has 9 rings (SSSR count). The van der Waals surface area contributed by atoms with Crippen molar-refractivity contribution in [3.05, 3.63) is 242 Å². The van der Waals surface area contributed by atoms with Crippen LogP contribution < -0.4 is 21.2 Å². The fourth-order valence-electron chi connectivity index (χ4n) is 6.96. The molecule has 9 aromatic rings. The van der Waals surface area contributed by atoms with E-state index >= 15 is 0 Å². The average Bonchev–Trinajstić information content (AvgIpc) is 3.27. The summed E-state index contributed by atoms with van der Waals surface area (Å²) in [5, 5.41) is 12.8. The minimum atomic E-state index is -0.847. The molecule has 57 heavy (non-hydrogen) atoms. The number of hydrogen-bond donors (Lipinski definition) is 0. The van der Waals surface area contributed by atoms with Crippen LogP contribution in [0.25, 0.3) is 32.3 Å². The first-order valence-electron chi connectivity index (χ1n) is 18.4. The van der Waals surface area contributed by atoms with Gasteiger partial charge in [0.2, 0.25) is 0 Å². The van der Waals surface area contributed by atoms with Gasteiger partial charge in [-0.05, 0) is 70.8 Å². The second-order valence-electron chi connectivity index (χ2n) is 13.1. The van der Waals surface area contributed by atoms with Crippen LogP contribution in [0.2, 0.25) is 0 Å². The van der Waals surface area contributed by atoms with E-state index in [-0.39, 0.29) is 44.8 Å². The van der Waals surface area contributed by atoms with E-state index in [4.69, 9.17) is 12.8 Å². The van der Waals surface area contributed by atoms with Crippen LogP contribution in [0.3, 0.4) is 0 Å². The average molecular weight is 1130 g/mol. The third-order valence-corrected chi connectivity index (χ3v) is 16.6. The summed E-state index contributed by atoms with van der Waals surface area (Å²) in [5.74, 6) is 6.23. The molecule has 0 aliphatic carbocycles. The van der Waals surface area contributed by atoms with Gasteiger partial charge in [-0.3, -0.25) is 11.8 Å². The van der Waals surface area contributed by atoms with Gasteiger partial charge in [-0.2, -0.15) is 0 Å². The van der Waals surface area contributed by atoms with Crippen LogP contribution in [-0.4, -0.2) is 5.90 Å². The summed E-state index contributed by atoms with van der Waals surface area (Å²) in [7, 11) is -1.69. The largest absolute Gasteiger partial charge is 1.00 e. The van der Waals surface area contributed by atoms with Crippen molar-refractivity contribution in [2.75, 3.05) is 5.90 Å². The minimum Gasteiger partial charge on any atom is -0.366 e. The van der Waals surface area contributed by atoms with Gasteiger partial charge in [0.15, 0.2) is 5.90 Å². The molecule has 0 saturated carbocycles. The molecule has 0 nitrogen and oxygen atoms in total.